The predicted octanol–water partition coefficient (Wildman–Crippen LogP) is 2.14. The van der Waals surface area contributed by atoms with Gasteiger partial charge in [-0.05, 0) is 13.8 Å². The standard InChI is InChI=1S/C9H13BO2/c1-3-5-7-8(6-4-2)10-9(11)12/h3-7,10H,1-2H3,(H,11,12)/b5-3-,6-4-,8-7+. The van der Waals surface area contributed by atoms with E-state index < -0.39 is 5.87 Å². The summed E-state index contributed by atoms with van der Waals surface area (Å²) in [6.07, 6.45) is 9.13. The minimum absolute atomic E-state index is 0.0781. The molecule has 12 heavy (non-hydrogen) atoms. The zero-order valence-corrected chi connectivity index (χ0v) is 7.45. The zero-order valence-electron chi connectivity index (χ0n) is 7.45. The van der Waals surface area contributed by atoms with Crippen molar-refractivity contribution in [3.8, 4) is 0 Å². The lowest BCUT2D eigenvalue weighted by atomic mass is 9.69. The quantitative estimate of drug-likeness (QED) is 0.510. The molecule has 0 bridgehead atoms. The van der Waals surface area contributed by atoms with Gasteiger partial charge in [-0.3, -0.25) is 4.79 Å². The average molecular weight is 164 g/mol. The number of hydrogen-bond acceptors (Lipinski definition) is 1. The molecule has 0 aromatic heterocycles. The zero-order chi connectivity index (χ0) is 9.40. The van der Waals surface area contributed by atoms with Crippen LogP contribution in [0.25, 0.3) is 0 Å². The van der Waals surface area contributed by atoms with Crippen molar-refractivity contribution in [3.63, 3.8) is 0 Å². The molecule has 0 radical (unpaired) electrons. The summed E-state index contributed by atoms with van der Waals surface area (Å²) in [5.41, 5.74) is 0.808. The normalized spacial score (nSPS) is 12.7. The van der Waals surface area contributed by atoms with E-state index in [1.54, 1.807) is 12.2 Å². The number of rotatable bonds is 4. The topological polar surface area (TPSA) is 37.3 Å². The monoisotopic (exact) mass is 164 g/mol. The summed E-state index contributed by atoms with van der Waals surface area (Å²) in [7, 11) is 0.0781. The van der Waals surface area contributed by atoms with Gasteiger partial charge in [-0.15, -0.1) is 0 Å². The number of carboxylic acid groups (broad SMARTS) is 1. The highest BCUT2D eigenvalue weighted by Crippen LogP contribution is 1.96. The van der Waals surface area contributed by atoms with Gasteiger partial charge in [0.25, 0.3) is 13.1 Å². The summed E-state index contributed by atoms with van der Waals surface area (Å²) < 4.78 is 0. The van der Waals surface area contributed by atoms with E-state index in [1.165, 1.54) is 0 Å². The van der Waals surface area contributed by atoms with Crippen LogP contribution in [0.15, 0.2) is 35.9 Å². The third kappa shape index (κ3) is 5.53. The van der Waals surface area contributed by atoms with E-state index in [1.807, 2.05) is 32.1 Å². The van der Waals surface area contributed by atoms with Crippen molar-refractivity contribution in [2.75, 3.05) is 0 Å². The average Bonchev–Trinajstić information content (AvgIpc) is 2.00. The van der Waals surface area contributed by atoms with E-state index in [2.05, 4.69) is 0 Å². The van der Waals surface area contributed by atoms with E-state index in [-0.39, 0.29) is 7.28 Å². The minimum Gasteiger partial charge on any atom is -0.489 e. The predicted molar refractivity (Wildman–Crippen MR) is 52.9 cm³/mol. The van der Waals surface area contributed by atoms with E-state index in [0.717, 1.165) is 5.47 Å². The van der Waals surface area contributed by atoms with E-state index >= 15 is 0 Å². The van der Waals surface area contributed by atoms with Crippen LogP contribution in [0.5, 0.6) is 0 Å². The largest absolute Gasteiger partial charge is 0.489 e. The second-order valence-corrected chi connectivity index (χ2v) is 2.34. The van der Waals surface area contributed by atoms with Gasteiger partial charge in [-0.1, -0.05) is 35.9 Å². The summed E-state index contributed by atoms with van der Waals surface area (Å²) in [6.45, 7) is 3.76. The Hall–Kier alpha value is -1.25. The molecular weight excluding hydrogens is 151 g/mol. The van der Waals surface area contributed by atoms with Crippen LogP contribution in [0, 0.1) is 0 Å². The molecule has 0 saturated carbocycles. The first kappa shape index (κ1) is 10.8. The summed E-state index contributed by atoms with van der Waals surface area (Å²) in [5, 5.41) is 8.51. The fraction of sp³-hybridized carbons (Fsp3) is 0.222. The van der Waals surface area contributed by atoms with Crippen molar-refractivity contribution in [3.05, 3.63) is 35.9 Å². The van der Waals surface area contributed by atoms with Gasteiger partial charge in [0, 0.05) is 0 Å². The van der Waals surface area contributed by atoms with Gasteiger partial charge in [-0.25, -0.2) is 0 Å². The Morgan fingerprint density at radius 3 is 2.42 bits per heavy atom. The molecule has 0 aromatic rings. The molecule has 0 amide bonds. The first-order valence-electron chi connectivity index (χ1n) is 3.87. The van der Waals surface area contributed by atoms with Crippen LogP contribution in [0.4, 0.5) is 4.79 Å². The molecule has 0 heterocycles. The fourth-order valence-corrected chi connectivity index (χ4v) is 0.782. The molecule has 0 fully saturated rings. The van der Waals surface area contributed by atoms with E-state index in [9.17, 15) is 4.79 Å². The van der Waals surface area contributed by atoms with Gasteiger partial charge >= 0.3 is 0 Å². The second kappa shape index (κ2) is 6.46. The van der Waals surface area contributed by atoms with Crippen molar-refractivity contribution >= 4 is 13.1 Å². The Bertz CT molecular complexity index is 227. The highest BCUT2D eigenvalue weighted by Gasteiger charge is 2.02. The highest BCUT2D eigenvalue weighted by molar-refractivity contribution is 6.77. The molecule has 0 unspecified atom stereocenters. The lowest BCUT2D eigenvalue weighted by molar-refractivity contribution is 0.220. The first-order valence-corrected chi connectivity index (χ1v) is 3.87. The molecule has 0 spiro atoms. The summed E-state index contributed by atoms with van der Waals surface area (Å²) in [6, 6.07) is 0. The van der Waals surface area contributed by atoms with Crippen LogP contribution in [0.3, 0.4) is 0 Å². The van der Waals surface area contributed by atoms with Crippen molar-refractivity contribution in [1.29, 1.82) is 0 Å². The van der Waals surface area contributed by atoms with Crippen molar-refractivity contribution in [2.24, 2.45) is 0 Å². The van der Waals surface area contributed by atoms with Gasteiger partial charge in [-0.2, -0.15) is 0 Å². The smallest absolute Gasteiger partial charge is 0.293 e. The molecular formula is C9H13BO2. The highest BCUT2D eigenvalue weighted by atomic mass is 16.4. The lowest BCUT2D eigenvalue weighted by Crippen LogP contribution is -2.06. The van der Waals surface area contributed by atoms with Gasteiger partial charge in [0.2, 0.25) is 0 Å². The Labute approximate surface area is 73.5 Å². The van der Waals surface area contributed by atoms with Crippen molar-refractivity contribution in [1.82, 2.24) is 0 Å². The molecule has 0 atom stereocenters. The Morgan fingerprint density at radius 2 is 2.00 bits per heavy atom. The van der Waals surface area contributed by atoms with Crippen LogP contribution in [0.1, 0.15) is 13.8 Å². The summed E-state index contributed by atoms with van der Waals surface area (Å²) in [4.78, 5) is 10.3. The molecule has 1 N–H and O–H groups in total. The van der Waals surface area contributed by atoms with Gasteiger partial charge in [0.15, 0.2) is 0 Å². The maximum absolute atomic E-state index is 10.3. The lowest BCUT2D eigenvalue weighted by Gasteiger charge is -1.92. The number of carbonyl (C=O) groups is 1. The van der Waals surface area contributed by atoms with Gasteiger partial charge < -0.3 is 5.11 Å². The van der Waals surface area contributed by atoms with Crippen LogP contribution in [0.2, 0.25) is 0 Å². The van der Waals surface area contributed by atoms with Gasteiger partial charge in [0.05, 0.1) is 0 Å². The molecule has 0 aromatic carbocycles. The third-order valence-electron chi connectivity index (χ3n) is 1.24. The molecule has 0 aliphatic rings. The van der Waals surface area contributed by atoms with Gasteiger partial charge in [0.1, 0.15) is 0 Å². The molecule has 64 valence electrons. The maximum Gasteiger partial charge on any atom is 0.293 e. The molecule has 3 heteroatoms. The molecule has 0 saturated heterocycles. The van der Waals surface area contributed by atoms with Crippen LogP contribution in [-0.2, 0) is 0 Å². The Kier molecular flexibility index (Phi) is 5.79. The van der Waals surface area contributed by atoms with Crippen LogP contribution in [-0.4, -0.2) is 18.3 Å². The molecule has 0 aliphatic heterocycles. The Balaban J connectivity index is 4.32. The van der Waals surface area contributed by atoms with Crippen LogP contribution >= 0.6 is 0 Å². The van der Waals surface area contributed by atoms with E-state index in [0.29, 0.717) is 0 Å². The molecule has 0 aliphatic carbocycles. The molecule has 2 nitrogen and oxygen atoms in total. The summed E-state index contributed by atoms with van der Waals surface area (Å²) >= 11 is 0. The SMILES string of the molecule is C\C=C/C=C(BC(=O)O)\C=C/C. The molecule has 0 rings (SSSR count). The van der Waals surface area contributed by atoms with Crippen molar-refractivity contribution in [2.45, 2.75) is 13.8 Å². The third-order valence-corrected chi connectivity index (χ3v) is 1.24. The maximum atomic E-state index is 10.3. The second-order valence-electron chi connectivity index (χ2n) is 2.34. The number of allylic oxidation sites excluding steroid dienone is 6. The first-order chi connectivity index (χ1) is 5.70. The number of hydrogen-bond donors (Lipinski definition) is 1. The van der Waals surface area contributed by atoms with Crippen LogP contribution < -0.4 is 0 Å². The fourth-order valence-electron chi connectivity index (χ4n) is 0.782. The van der Waals surface area contributed by atoms with E-state index in [4.69, 9.17) is 5.11 Å². The summed E-state index contributed by atoms with van der Waals surface area (Å²) in [5.74, 6) is -0.802. The minimum atomic E-state index is -0.802. The Morgan fingerprint density at radius 1 is 1.33 bits per heavy atom. The van der Waals surface area contributed by atoms with Crippen molar-refractivity contribution < 1.29 is 9.90 Å².